The van der Waals surface area contributed by atoms with E-state index in [0.29, 0.717) is 40.5 Å². The van der Waals surface area contributed by atoms with E-state index >= 15 is 0 Å². The second kappa shape index (κ2) is 5.32. The van der Waals surface area contributed by atoms with Crippen molar-refractivity contribution in [3.8, 4) is 0 Å². The van der Waals surface area contributed by atoms with E-state index in [0.717, 1.165) is 5.56 Å². The van der Waals surface area contributed by atoms with Crippen molar-refractivity contribution in [2.75, 3.05) is 5.32 Å². The molecule has 2 N–H and O–H groups in total. The van der Waals surface area contributed by atoms with Gasteiger partial charge in [0.2, 0.25) is 0 Å². The highest BCUT2D eigenvalue weighted by molar-refractivity contribution is 5.95. The van der Waals surface area contributed by atoms with Gasteiger partial charge in [-0.15, -0.1) is 0 Å². The Morgan fingerprint density at radius 1 is 1.04 bits per heavy atom. The molecule has 128 valence electrons. The van der Waals surface area contributed by atoms with E-state index in [-0.39, 0.29) is 11.9 Å². The lowest BCUT2D eigenvalue weighted by Gasteiger charge is -2.44. The van der Waals surface area contributed by atoms with E-state index in [9.17, 15) is 14.3 Å². The first-order chi connectivity index (χ1) is 12.1. The molecule has 0 radical (unpaired) electrons. The average Bonchev–Trinajstić information content (AvgIpc) is 3.23. The van der Waals surface area contributed by atoms with Gasteiger partial charge in [0.1, 0.15) is 5.82 Å². The Morgan fingerprint density at radius 3 is 2.60 bits per heavy atom. The largest absolute Gasteiger partial charge is 0.478 e. The number of carboxylic acids is 1. The molecule has 2 aromatic rings. The van der Waals surface area contributed by atoms with Crippen molar-refractivity contribution in [3.05, 3.63) is 65.0 Å². The molecule has 0 aromatic heterocycles. The number of aromatic carboxylic acids is 1. The SMILES string of the molecule is O=C(O)c1cccc2c1N[C@H](c1ccccc1F)[C@H]1[C@H]3CC[C@@H](C3)[C@@H]21. The fourth-order valence-corrected chi connectivity index (χ4v) is 5.73. The molecule has 2 saturated carbocycles. The molecule has 2 aliphatic carbocycles. The summed E-state index contributed by atoms with van der Waals surface area (Å²) in [6.45, 7) is 0. The molecule has 3 nitrogen and oxygen atoms in total. The molecule has 0 amide bonds. The Balaban J connectivity index is 1.70. The number of carbonyl (C=O) groups is 1. The molecule has 2 bridgehead atoms. The van der Waals surface area contributed by atoms with Crippen LogP contribution in [0.5, 0.6) is 0 Å². The first kappa shape index (κ1) is 14.9. The fourth-order valence-electron chi connectivity index (χ4n) is 5.73. The highest BCUT2D eigenvalue weighted by Crippen LogP contribution is 2.64. The van der Waals surface area contributed by atoms with E-state index in [2.05, 4.69) is 11.4 Å². The number of benzene rings is 2. The van der Waals surface area contributed by atoms with Gasteiger partial charge < -0.3 is 10.4 Å². The second-order valence-corrected chi connectivity index (χ2v) is 7.65. The number of para-hydroxylation sites is 1. The van der Waals surface area contributed by atoms with Crippen LogP contribution >= 0.6 is 0 Å². The summed E-state index contributed by atoms with van der Waals surface area (Å²) >= 11 is 0. The van der Waals surface area contributed by atoms with Crippen molar-refractivity contribution in [2.24, 2.45) is 17.8 Å². The first-order valence-corrected chi connectivity index (χ1v) is 9.02. The number of anilines is 1. The number of halogens is 1. The van der Waals surface area contributed by atoms with Gasteiger partial charge in [0.15, 0.2) is 0 Å². The van der Waals surface area contributed by atoms with Gasteiger partial charge >= 0.3 is 5.97 Å². The average molecular weight is 337 g/mol. The monoisotopic (exact) mass is 337 g/mol. The van der Waals surface area contributed by atoms with Crippen LogP contribution in [-0.4, -0.2) is 11.1 Å². The minimum atomic E-state index is -0.932. The zero-order valence-electron chi connectivity index (χ0n) is 13.8. The van der Waals surface area contributed by atoms with Crippen molar-refractivity contribution in [1.82, 2.24) is 0 Å². The molecule has 5 atom stereocenters. The lowest BCUT2D eigenvalue weighted by atomic mass is 9.67. The maximum Gasteiger partial charge on any atom is 0.337 e. The molecule has 0 unspecified atom stereocenters. The maximum atomic E-state index is 14.6. The summed E-state index contributed by atoms with van der Waals surface area (Å²) in [6, 6.07) is 12.3. The highest BCUT2D eigenvalue weighted by Gasteiger charge is 2.54. The van der Waals surface area contributed by atoms with Crippen LogP contribution in [0.3, 0.4) is 0 Å². The lowest BCUT2D eigenvalue weighted by molar-refractivity contribution is 0.0697. The molecule has 0 saturated heterocycles. The fraction of sp³-hybridized carbons (Fsp3) is 0.381. The van der Waals surface area contributed by atoms with Crippen molar-refractivity contribution >= 4 is 11.7 Å². The molecule has 1 heterocycles. The van der Waals surface area contributed by atoms with Gasteiger partial charge in [0.25, 0.3) is 0 Å². The molecule has 25 heavy (non-hydrogen) atoms. The summed E-state index contributed by atoms with van der Waals surface area (Å²) < 4.78 is 14.6. The van der Waals surface area contributed by atoms with Crippen molar-refractivity contribution in [2.45, 2.75) is 31.2 Å². The quantitative estimate of drug-likeness (QED) is 0.826. The van der Waals surface area contributed by atoms with Gasteiger partial charge in [0.05, 0.1) is 17.3 Å². The van der Waals surface area contributed by atoms with Gasteiger partial charge in [-0.05, 0) is 60.6 Å². The van der Waals surface area contributed by atoms with Gasteiger partial charge in [-0.3, -0.25) is 0 Å². The topological polar surface area (TPSA) is 49.3 Å². The molecular formula is C21H20FNO2. The molecule has 0 spiro atoms. The number of rotatable bonds is 2. The first-order valence-electron chi connectivity index (χ1n) is 9.02. The Labute approximate surface area is 145 Å². The predicted octanol–water partition coefficient (Wildman–Crippen LogP) is 4.82. The number of nitrogens with one attached hydrogen (secondary N) is 1. The highest BCUT2D eigenvalue weighted by atomic mass is 19.1. The Kier molecular flexibility index (Phi) is 3.18. The number of fused-ring (bicyclic) bond motifs is 7. The van der Waals surface area contributed by atoms with E-state index < -0.39 is 5.97 Å². The minimum absolute atomic E-state index is 0.158. The molecule has 3 aliphatic rings. The molecule has 2 aromatic carbocycles. The normalized spacial score (nSPS) is 32.0. The molecular weight excluding hydrogens is 317 g/mol. The lowest BCUT2D eigenvalue weighted by Crippen LogP contribution is -2.36. The van der Waals surface area contributed by atoms with Gasteiger partial charge in [0, 0.05) is 5.56 Å². The van der Waals surface area contributed by atoms with Crippen LogP contribution in [0, 0.1) is 23.6 Å². The van der Waals surface area contributed by atoms with Gasteiger partial charge in [-0.1, -0.05) is 30.3 Å². The molecule has 1 aliphatic heterocycles. The van der Waals surface area contributed by atoms with Crippen molar-refractivity contribution in [3.63, 3.8) is 0 Å². The maximum absolute atomic E-state index is 14.6. The van der Waals surface area contributed by atoms with Crippen LogP contribution in [0.2, 0.25) is 0 Å². The third-order valence-corrected chi connectivity index (χ3v) is 6.59. The Hall–Kier alpha value is -2.36. The standard InChI is InChI=1S/C21H20FNO2/c22-16-7-2-1-4-13(16)20-18-12-9-8-11(10-12)17(18)14-5-3-6-15(21(24)25)19(14)23-20/h1-7,11-12,17-18,20,23H,8-10H2,(H,24,25)/t11-,12-,17-,18-,20+/m0/s1. The minimum Gasteiger partial charge on any atom is -0.478 e. The van der Waals surface area contributed by atoms with Gasteiger partial charge in [-0.25, -0.2) is 9.18 Å². The zero-order valence-corrected chi connectivity index (χ0v) is 13.8. The van der Waals surface area contributed by atoms with Crippen molar-refractivity contribution in [1.29, 1.82) is 0 Å². The Bertz CT molecular complexity index is 865. The number of hydrogen-bond acceptors (Lipinski definition) is 2. The van der Waals surface area contributed by atoms with Crippen LogP contribution in [0.4, 0.5) is 10.1 Å². The molecule has 2 fully saturated rings. The second-order valence-electron chi connectivity index (χ2n) is 7.65. The third-order valence-electron chi connectivity index (χ3n) is 6.59. The summed E-state index contributed by atoms with van der Waals surface area (Å²) in [7, 11) is 0. The van der Waals surface area contributed by atoms with E-state index in [1.165, 1.54) is 25.3 Å². The van der Waals surface area contributed by atoms with Crippen molar-refractivity contribution < 1.29 is 14.3 Å². The predicted molar refractivity (Wildman–Crippen MR) is 93.2 cm³/mol. The third kappa shape index (κ3) is 2.06. The van der Waals surface area contributed by atoms with Crippen LogP contribution < -0.4 is 5.32 Å². The Morgan fingerprint density at radius 2 is 1.80 bits per heavy atom. The summed E-state index contributed by atoms with van der Waals surface area (Å²) in [5.74, 6) is 0.713. The number of carboxylic acid groups (broad SMARTS) is 1. The zero-order chi connectivity index (χ0) is 17.1. The summed E-state index contributed by atoms with van der Waals surface area (Å²) in [5, 5.41) is 13.1. The summed E-state index contributed by atoms with van der Waals surface area (Å²) in [4.78, 5) is 11.7. The van der Waals surface area contributed by atoms with Gasteiger partial charge in [-0.2, -0.15) is 0 Å². The van der Waals surface area contributed by atoms with E-state index in [1.807, 2.05) is 18.2 Å². The van der Waals surface area contributed by atoms with E-state index in [1.54, 1.807) is 12.1 Å². The summed E-state index contributed by atoms with van der Waals surface area (Å²) in [6.07, 6.45) is 3.58. The van der Waals surface area contributed by atoms with Crippen LogP contribution in [0.25, 0.3) is 0 Å². The molecule has 5 rings (SSSR count). The number of hydrogen-bond donors (Lipinski definition) is 2. The smallest absolute Gasteiger partial charge is 0.337 e. The van der Waals surface area contributed by atoms with Crippen LogP contribution in [-0.2, 0) is 0 Å². The summed E-state index contributed by atoms with van der Waals surface area (Å²) in [5.41, 5.74) is 2.76. The van der Waals surface area contributed by atoms with E-state index in [4.69, 9.17) is 0 Å². The molecule has 4 heteroatoms. The van der Waals surface area contributed by atoms with Crippen LogP contribution in [0.1, 0.15) is 52.7 Å². The van der Waals surface area contributed by atoms with Crippen LogP contribution in [0.15, 0.2) is 42.5 Å².